The van der Waals surface area contributed by atoms with E-state index >= 15 is 0 Å². The number of rotatable bonds is 4. The van der Waals surface area contributed by atoms with Crippen molar-refractivity contribution in [1.82, 2.24) is 5.32 Å². The fraction of sp³-hybridized carbons (Fsp3) is 0.462. The Labute approximate surface area is 120 Å². The Morgan fingerprint density at radius 2 is 2.25 bits per heavy atom. The Hall–Kier alpha value is -1.69. The smallest absolute Gasteiger partial charge is 0.282 e. The van der Waals surface area contributed by atoms with Crippen molar-refractivity contribution in [1.29, 1.82) is 0 Å². The van der Waals surface area contributed by atoms with Crippen LogP contribution in [0.15, 0.2) is 18.2 Å². The molecule has 0 radical (unpaired) electrons. The molecular weight excluding hydrogens is 287 g/mol. The monoisotopic (exact) mass is 300 g/mol. The van der Waals surface area contributed by atoms with Crippen LogP contribution in [-0.2, 0) is 0 Å². The average Bonchev–Trinajstić information content (AvgIpc) is 2.81. The van der Waals surface area contributed by atoms with Crippen LogP contribution >= 0.6 is 11.6 Å². The topological polar surface area (TPSA) is 72.2 Å². The highest BCUT2D eigenvalue weighted by atomic mass is 35.5. The number of carbonyl (C=O) groups excluding carboxylic acids is 1. The molecule has 1 amide bonds. The lowest BCUT2D eigenvalue weighted by Gasteiger charge is -2.11. The molecule has 5 nitrogen and oxygen atoms in total. The highest BCUT2D eigenvalue weighted by molar-refractivity contribution is 6.20. The van der Waals surface area contributed by atoms with Crippen LogP contribution in [0.2, 0.25) is 0 Å². The zero-order valence-corrected chi connectivity index (χ0v) is 11.4. The van der Waals surface area contributed by atoms with Crippen molar-refractivity contribution in [3.05, 3.63) is 39.7 Å². The van der Waals surface area contributed by atoms with E-state index < -0.39 is 22.3 Å². The molecule has 1 aromatic carbocycles. The third kappa shape index (κ3) is 3.45. The van der Waals surface area contributed by atoms with E-state index in [9.17, 15) is 19.3 Å². The number of nitrogens with one attached hydrogen (secondary N) is 1. The molecule has 0 aliphatic heterocycles. The van der Waals surface area contributed by atoms with E-state index in [0.717, 1.165) is 37.5 Å². The molecule has 2 rings (SSSR count). The number of hydrogen-bond donors (Lipinski definition) is 1. The number of nitrogens with zero attached hydrogens (tertiary/aromatic N) is 1. The SMILES string of the molecule is O=C(NCC1CCC(Cl)C1)c1cc(F)ccc1[N+](=O)[O-]. The summed E-state index contributed by atoms with van der Waals surface area (Å²) in [4.78, 5) is 22.1. The molecule has 108 valence electrons. The van der Waals surface area contributed by atoms with E-state index in [4.69, 9.17) is 11.6 Å². The molecular formula is C13H14ClFN2O3. The largest absolute Gasteiger partial charge is 0.352 e. The minimum absolute atomic E-state index is 0.125. The van der Waals surface area contributed by atoms with Gasteiger partial charge >= 0.3 is 0 Å². The predicted molar refractivity (Wildman–Crippen MR) is 72.4 cm³/mol. The average molecular weight is 301 g/mol. The fourth-order valence-corrected chi connectivity index (χ4v) is 2.76. The summed E-state index contributed by atoms with van der Waals surface area (Å²) in [6.07, 6.45) is 2.63. The summed E-state index contributed by atoms with van der Waals surface area (Å²) in [5.74, 6) is -1.04. The highest BCUT2D eigenvalue weighted by Crippen LogP contribution is 2.29. The highest BCUT2D eigenvalue weighted by Gasteiger charge is 2.25. The van der Waals surface area contributed by atoms with Gasteiger partial charge in [0.1, 0.15) is 11.4 Å². The van der Waals surface area contributed by atoms with Gasteiger partial charge in [0.15, 0.2) is 0 Å². The van der Waals surface area contributed by atoms with Crippen molar-refractivity contribution in [3.63, 3.8) is 0 Å². The molecule has 1 N–H and O–H groups in total. The Kier molecular flexibility index (Phi) is 4.54. The van der Waals surface area contributed by atoms with Gasteiger partial charge < -0.3 is 5.32 Å². The molecule has 1 fully saturated rings. The lowest BCUT2D eigenvalue weighted by molar-refractivity contribution is -0.385. The Bertz CT molecular complexity index is 538. The molecule has 0 bridgehead atoms. The van der Waals surface area contributed by atoms with Crippen molar-refractivity contribution in [2.45, 2.75) is 24.6 Å². The van der Waals surface area contributed by atoms with Gasteiger partial charge in [-0.05, 0) is 37.3 Å². The molecule has 0 heterocycles. The van der Waals surface area contributed by atoms with Crippen LogP contribution < -0.4 is 5.32 Å². The number of alkyl halides is 1. The number of amides is 1. The summed E-state index contributed by atoms with van der Waals surface area (Å²) in [5.41, 5.74) is -0.652. The first-order valence-corrected chi connectivity index (χ1v) is 6.77. The summed E-state index contributed by atoms with van der Waals surface area (Å²) >= 11 is 5.98. The van der Waals surface area contributed by atoms with E-state index in [1.807, 2.05) is 0 Å². The minimum Gasteiger partial charge on any atom is -0.352 e. The van der Waals surface area contributed by atoms with E-state index in [-0.39, 0.29) is 16.9 Å². The molecule has 0 saturated heterocycles. The molecule has 7 heteroatoms. The van der Waals surface area contributed by atoms with Crippen molar-refractivity contribution in [2.24, 2.45) is 5.92 Å². The minimum atomic E-state index is -0.696. The van der Waals surface area contributed by atoms with Crippen LogP contribution in [0.4, 0.5) is 10.1 Å². The molecule has 1 aliphatic rings. The first-order chi connectivity index (χ1) is 9.47. The lowest BCUT2D eigenvalue weighted by Crippen LogP contribution is -2.29. The van der Waals surface area contributed by atoms with Crippen LogP contribution in [0.5, 0.6) is 0 Å². The molecule has 1 saturated carbocycles. The van der Waals surface area contributed by atoms with Crippen LogP contribution in [0.25, 0.3) is 0 Å². The fourth-order valence-electron chi connectivity index (χ4n) is 2.38. The van der Waals surface area contributed by atoms with Gasteiger partial charge in [-0.1, -0.05) is 0 Å². The van der Waals surface area contributed by atoms with Crippen molar-refractivity contribution < 1.29 is 14.1 Å². The lowest BCUT2D eigenvalue weighted by atomic mass is 10.1. The van der Waals surface area contributed by atoms with Gasteiger partial charge in [-0.15, -0.1) is 11.6 Å². The maximum atomic E-state index is 13.1. The summed E-state index contributed by atoms with van der Waals surface area (Å²) < 4.78 is 13.1. The van der Waals surface area contributed by atoms with Gasteiger partial charge in [-0.3, -0.25) is 14.9 Å². The van der Waals surface area contributed by atoms with Crippen molar-refractivity contribution in [3.8, 4) is 0 Å². The molecule has 20 heavy (non-hydrogen) atoms. The maximum absolute atomic E-state index is 13.1. The molecule has 2 unspecified atom stereocenters. The first-order valence-electron chi connectivity index (χ1n) is 6.33. The van der Waals surface area contributed by atoms with Gasteiger partial charge in [-0.25, -0.2) is 4.39 Å². The second kappa shape index (κ2) is 6.17. The number of halogens is 2. The second-order valence-electron chi connectivity index (χ2n) is 4.90. The van der Waals surface area contributed by atoms with Crippen LogP contribution in [-0.4, -0.2) is 22.8 Å². The predicted octanol–water partition coefficient (Wildman–Crippen LogP) is 2.87. The third-order valence-corrected chi connectivity index (χ3v) is 3.82. The summed E-state index contributed by atoms with van der Waals surface area (Å²) in [7, 11) is 0. The first kappa shape index (κ1) is 14.7. The van der Waals surface area contributed by atoms with E-state index in [1.165, 1.54) is 0 Å². The van der Waals surface area contributed by atoms with Crippen molar-refractivity contribution >= 4 is 23.2 Å². The van der Waals surface area contributed by atoms with Gasteiger partial charge in [0.2, 0.25) is 0 Å². The molecule has 1 aromatic rings. The zero-order valence-electron chi connectivity index (χ0n) is 10.6. The maximum Gasteiger partial charge on any atom is 0.282 e. The third-order valence-electron chi connectivity index (χ3n) is 3.43. The van der Waals surface area contributed by atoms with Gasteiger partial charge in [0.25, 0.3) is 11.6 Å². The number of nitro groups is 1. The van der Waals surface area contributed by atoms with Gasteiger partial charge in [-0.2, -0.15) is 0 Å². The number of carbonyl (C=O) groups is 1. The number of nitro benzene ring substituents is 1. The normalized spacial score (nSPS) is 21.7. The zero-order chi connectivity index (χ0) is 14.7. The van der Waals surface area contributed by atoms with Crippen molar-refractivity contribution in [2.75, 3.05) is 6.54 Å². The van der Waals surface area contributed by atoms with Crippen LogP contribution in [0.3, 0.4) is 0 Å². The van der Waals surface area contributed by atoms with E-state index in [0.29, 0.717) is 6.54 Å². The number of benzene rings is 1. The van der Waals surface area contributed by atoms with E-state index in [2.05, 4.69) is 5.32 Å². The Morgan fingerprint density at radius 1 is 1.50 bits per heavy atom. The van der Waals surface area contributed by atoms with Gasteiger partial charge in [0, 0.05) is 18.0 Å². The summed E-state index contributed by atoms with van der Waals surface area (Å²) in [6, 6.07) is 2.84. The second-order valence-corrected chi connectivity index (χ2v) is 5.52. The summed E-state index contributed by atoms with van der Waals surface area (Å²) in [5, 5.41) is 13.6. The molecule has 0 spiro atoms. The summed E-state index contributed by atoms with van der Waals surface area (Å²) in [6.45, 7) is 0.399. The van der Waals surface area contributed by atoms with Crippen LogP contribution in [0.1, 0.15) is 29.6 Å². The standard InChI is InChI=1S/C13H14ClFN2O3/c14-9-2-1-8(5-9)7-16-13(18)11-6-10(15)3-4-12(11)17(19)20/h3-4,6,8-9H,1-2,5,7H2,(H,16,18). The Balaban J connectivity index is 2.05. The molecule has 0 aromatic heterocycles. The molecule has 2 atom stereocenters. The quantitative estimate of drug-likeness (QED) is 0.528. The van der Waals surface area contributed by atoms with Gasteiger partial charge in [0.05, 0.1) is 4.92 Å². The Morgan fingerprint density at radius 3 is 2.85 bits per heavy atom. The molecule has 1 aliphatic carbocycles. The number of hydrogen-bond acceptors (Lipinski definition) is 3. The van der Waals surface area contributed by atoms with Crippen LogP contribution in [0, 0.1) is 21.8 Å². The van der Waals surface area contributed by atoms with E-state index in [1.54, 1.807) is 0 Å².